The number of aromatic nitrogens is 2. The summed E-state index contributed by atoms with van der Waals surface area (Å²) >= 11 is 10.5. The number of fused-ring (bicyclic) bond motifs is 3. The highest BCUT2D eigenvalue weighted by molar-refractivity contribution is 9.11. The molecule has 11 rings (SSSR count). The van der Waals surface area contributed by atoms with Crippen LogP contribution in [0.1, 0.15) is 166 Å². The highest BCUT2D eigenvalue weighted by Crippen LogP contribution is 2.51. The zero-order chi connectivity index (χ0) is 73.3. The summed E-state index contributed by atoms with van der Waals surface area (Å²) in [6.07, 6.45) is -0.605. The number of pyridine rings is 2. The fourth-order valence-electron chi connectivity index (χ4n) is 12.7. The summed E-state index contributed by atoms with van der Waals surface area (Å²) in [4.78, 5) is 102. The van der Waals surface area contributed by atoms with Crippen LogP contribution in [0.2, 0.25) is 0 Å². The summed E-state index contributed by atoms with van der Waals surface area (Å²) in [6, 6.07) is 8.76. The lowest BCUT2D eigenvalue weighted by atomic mass is 10.1. The van der Waals surface area contributed by atoms with Crippen molar-refractivity contribution in [2.24, 2.45) is 0 Å². The highest BCUT2D eigenvalue weighted by Gasteiger charge is 2.46. The molecule has 3 saturated heterocycles. The third-order valence-corrected chi connectivity index (χ3v) is 19.3. The molecular formula is C74H105Br3N10O16. The van der Waals surface area contributed by atoms with Gasteiger partial charge in [-0.2, -0.15) is 0 Å². The number of hydrogen-bond donors (Lipinski definition) is 6. The van der Waals surface area contributed by atoms with E-state index < -0.39 is 34.5 Å². The molecular weight excluding hydrogens is 1520 g/mol. The average Bonchev–Trinajstić information content (AvgIpc) is 1.63. The minimum atomic E-state index is -1.01. The van der Waals surface area contributed by atoms with E-state index in [0.29, 0.717) is 159 Å². The van der Waals surface area contributed by atoms with Gasteiger partial charge in [-0.25, -0.2) is 14.4 Å². The molecule has 26 nitrogen and oxygen atoms in total. The largest absolute Gasteiger partial charge is 0.478 e. The van der Waals surface area contributed by atoms with Crippen LogP contribution in [0.15, 0.2) is 53.3 Å². The zero-order valence-electron chi connectivity index (χ0n) is 59.8. The molecule has 103 heavy (non-hydrogen) atoms. The lowest BCUT2D eigenvalue weighted by Gasteiger charge is -2.38. The molecule has 5 aromatic rings. The van der Waals surface area contributed by atoms with Gasteiger partial charge in [0, 0.05) is 163 Å². The van der Waals surface area contributed by atoms with E-state index >= 15 is 0 Å². The van der Waals surface area contributed by atoms with Crippen molar-refractivity contribution in [3.8, 4) is 34.5 Å². The first-order chi connectivity index (χ1) is 46.7. The number of aromatic carboxylic acids is 1. The predicted molar refractivity (Wildman–Crippen MR) is 406 cm³/mol. The molecule has 3 atom stereocenters. The number of aromatic amines is 2. The molecule has 6 aliphatic rings. The number of benzene rings is 3. The summed E-state index contributed by atoms with van der Waals surface area (Å²) in [5, 5.41) is 18.5. The van der Waals surface area contributed by atoms with Crippen LogP contribution in [-0.2, 0) is 22.6 Å². The Hall–Kier alpha value is -7.41. The number of nitrogens with one attached hydrogen (secondary N) is 5. The third kappa shape index (κ3) is 20.8. The van der Waals surface area contributed by atoms with E-state index in [9.17, 15) is 38.7 Å². The van der Waals surface area contributed by atoms with Crippen LogP contribution in [0.4, 0.5) is 9.59 Å². The first-order valence-corrected chi connectivity index (χ1v) is 35.7. The van der Waals surface area contributed by atoms with Crippen LogP contribution < -0.4 is 55.5 Å². The first-order valence-electron chi connectivity index (χ1n) is 33.4. The average molecular weight is 1630 g/mol. The maximum absolute atomic E-state index is 13.1. The number of carboxylic acid groups (broad SMARTS) is 1. The minimum absolute atomic E-state index is 0. The molecule has 3 fully saturated rings. The minimum Gasteiger partial charge on any atom is -0.478 e. The smallest absolute Gasteiger partial charge is 0.410 e. The van der Waals surface area contributed by atoms with Crippen molar-refractivity contribution in [2.45, 2.75) is 175 Å². The molecule has 8 heterocycles. The Morgan fingerprint density at radius 1 is 0.476 bits per heavy atom. The van der Waals surface area contributed by atoms with Gasteiger partial charge in [-0.3, -0.25) is 33.9 Å². The van der Waals surface area contributed by atoms with Crippen LogP contribution in [0.5, 0.6) is 34.5 Å². The molecule has 0 spiro atoms. The summed E-state index contributed by atoms with van der Waals surface area (Å²) in [7, 11) is 0. The Morgan fingerprint density at radius 3 is 1.07 bits per heavy atom. The second kappa shape index (κ2) is 33.8. The van der Waals surface area contributed by atoms with Gasteiger partial charge in [0.15, 0.2) is 34.5 Å². The Labute approximate surface area is 630 Å². The number of carbonyl (C=O) groups is 5. The van der Waals surface area contributed by atoms with Crippen molar-refractivity contribution in [3.63, 3.8) is 0 Å². The van der Waals surface area contributed by atoms with Gasteiger partial charge in [-0.05, 0) is 179 Å². The lowest BCUT2D eigenvalue weighted by Crippen LogP contribution is -2.55. The molecule has 0 bridgehead atoms. The molecule has 6 N–H and O–H groups in total. The number of carboxylic acids is 1. The van der Waals surface area contributed by atoms with Crippen molar-refractivity contribution in [1.82, 2.24) is 50.4 Å². The van der Waals surface area contributed by atoms with Gasteiger partial charge >= 0.3 is 18.2 Å². The Morgan fingerprint density at radius 2 is 0.767 bits per heavy atom. The van der Waals surface area contributed by atoms with Crippen LogP contribution in [0, 0.1) is 48.5 Å². The van der Waals surface area contributed by atoms with Crippen LogP contribution in [-0.4, -0.2) is 196 Å². The number of halogens is 3. The van der Waals surface area contributed by atoms with Gasteiger partial charge in [0.25, 0.3) is 40.3 Å². The number of nitrogens with zero attached hydrogens (tertiary/aromatic N) is 5. The second-order valence-electron chi connectivity index (χ2n) is 28.7. The standard InChI is InChI=1S/C28H37BrN4O6.C23H29BrN4O4.C20H27BrN2O6.3CH4/c1-16-12-17(2)31-25(35)20(16)14-30-24(34)19-13-21(29)23-22(18(19)3)37-28(7,38-23)15-32-8-10-33(11-9-32)26(36)39-27(4,5)6;1-13-9-14(2)27-22(30)17(13)11-26-21(29)16-10-18(24)20-19(15(16)3)31-23(4,32-20)12-28-7-5-25-6-8-28;1-12-13(17(24)25)10-14(21)16-15(12)27-20(5,28-16)11-22-6-8-23(9-7-22)18(26)29-19(2,3)4;;;/h12-13H,8-11,14-15H2,1-7H3,(H,30,34)(H,31,35);9-10,25H,5-8,11-12H2,1-4H3,(H,26,29)(H,27,30);10H,6-9,11H2,1-5H3,(H,24,25);3*1H4. The Bertz CT molecular complexity index is 4100. The number of ether oxygens (including phenoxy) is 8. The molecule has 0 saturated carbocycles. The van der Waals surface area contributed by atoms with Gasteiger partial charge in [0.2, 0.25) is 0 Å². The number of amides is 4. The Balaban J connectivity index is 0.000000242. The Kier molecular flexibility index (Phi) is 27.7. The second-order valence-corrected chi connectivity index (χ2v) is 31.2. The van der Waals surface area contributed by atoms with E-state index in [1.165, 1.54) is 6.07 Å². The van der Waals surface area contributed by atoms with E-state index in [1.54, 1.807) is 28.9 Å². The van der Waals surface area contributed by atoms with E-state index in [1.807, 2.05) is 116 Å². The topological polar surface area (TPSA) is 297 Å². The number of rotatable bonds is 13. The molecule has 568 valence electrons. The van der Waals surface area contributed by atoms with Crippen LogP contribution in [0.3, 0.4) is 0 Å². The molecule has 29 heteroatoms. The molecule has 0 aliphatic carbocycles. The third-order valence-electron chi connectivity index (χ3n) is 17.6. The first kappa shape index (κ1) is 84.5. The molecule has 4 amide bonds. The number of carbonyl (C=O) groups excluding carboxylic acids is 4. The van der Waals surface area contributed by atoms with Gasteiger partial charge in [0.05, 0.1) is 38.6 Å². The quantitative estimate of drug-likeness (QED) is 0.0638. The zero-order valence-corrected chi connectivity index (χ0v) is 64.6. The van der Waals surface area contributed by atoms with Gasteiger partial charge in [-0.15, -0.1) is 0 Å². The summed E-state index contributed by atoms with van der Waals surface area (Å²) in [5.41, 5.74) is 5.84. The normalized spacial score (nSPS) is 19.8. The van der Waals surface area contributed by atoms with Crippen molar-refractivity contribution < 1.29 is 67.0 Å². The van der Waals surface area contributed by atoms with E-state index in [4.69, 9.17) is 37.9 Å². The number of aryl methyl sites for hydroxylation is 4. The van der Waals surface area contributed by atoms with E-state index in [0.717, 1.165) is 48.7 Å². The van der Waals surface area contributed by atoms with Crippen molar-refractivity contribution >= 4 is 77.8 Å². The summed E-state index contributed by atoms with van der Waals surface area (Å²) in [6.45, 7) is 40.0. The molecule has 6 aliphatic heterocycles. The molecule has 3 unspecified atom stereocenters. The van der Waals surface area contributed by atoms with Gasteiger partial charge < -0.3 is 78.7 Å². The van der Waals surface area contributed by atoms with Crippen molar-refractivity contribution in [3.05, 3.63) is 131 Å². The molecule has 2 aromatic heterocycles. The number of H-pyrrole nitrogens is 2. The maximum Gasteiger partial charge on any atom is 0.410 e. The predicted octanol–water partition coefficient (Wildman–Crippen LogP) is 11.8. The monoisotopic (exact) mass is 1630 g/mol. The fourth-order valence-corrected chi connectivity index (χ4v) is 14.1. The number of piperazine rings is 3. The molecule has 0 radical (unpaired) electrons. The summed E-state index contributed by atoms with van der Waals surface area (Å²) in [5.74, 6) is -1.13. The molecule has 3 aromatic carbocycles. The highest BCUT2D eigenvalue weighted by atomic mass is 79.9. The maximum atomic E-state index is 13.1. The summed E-state index contributed by atoms with van der Waals surface area (Å²) < 4.78 is 49.9. The van der Waals surface area contributed by atoms with Crippen LogP contribution in [0.25, 0.3) is 0 Å². The van der Waals surface area contributed by atoms with Gasteiger partial charge in [-0.1, -0.05) is 22.3 Å². The van der Waals surface area contributed by atoms with Gasteiger partial charge in [0.1, 0.15) is 11.2 Å². The lowest BCUT2D eigenvalue weighted by molar-refractivity contribution is -0.0904. The van der Waals surface area contributed by atoms with Crippen molar-refractivity contribution in [1.29, 1.82) is 0 Å². The van der Waals surface area contributed by atoms with Crippen LogP contribution >= 0.6 is 47.8 Å². The van der Waals surface area contributed by atoms with Crippen molar-refractivity contribution in [2.75, 3.05) is 98.2 Å². The fraction of sp³-hybridized carbons (Fsp3) is 0.554. The van der Waals surface area contributed by atoms with E-state index in [-0.39, 0.29) is 76.1 Å². The van der Waals surface area contributed by atoms with E-state index in [2.05, 4.69) is 88.4 Å². The number of hydrogen-bond acceptors (Lipinski definition) is 19. The SMILES string of the molecule is C.C.C.Cc1c(C(=O)O)cc(Br)c2c1OC(C)(CN1CCN(C(=O)OC(C)(C)C)CC1)O2.Cc1cc(C)c(CNC(=O)c2cc(Br)c3c(c2C)OC(C)(CN2CCN(C(=O)OC(C)(C)C)CC2)O3)c(=O)[nH]1.Cc1cc(C)c(CNC(=O)c2cc(Br)c3c(c2C)OC(C)(CN2CCNCC2)O3)c(=O)[nH]1.